The first kappa shape index (κ1) is 14.3. The van der Waals surface area contributed by atoms with Gasteiger partial charge < -0.3 is 10.2 Å². The Morgan fingerprint density at radius 1 is 1.14 bits per heavy atom. The predicted octanol–water partition coefficient (Wildman–Crippen LogP) is 3.33. The van der Waals surface area contributed by atoms with Crippen LogP contribution in [0.15, 0.2) is 54.9 Å². The number of benzene rings is 1. The molecule has 2 heterocycles. The first-order valence-corrected chi connectivity index (χ1v) is 7.56. The molecule has 4 nitrogen and oxygen atoms in total. The van der Waals surface area contributed by atoms with Crippen LogP contribution in [0.25, 0.3) is 6.08 Å². The highest BCUT2D eigenvalue weighted by Crippen LogP contribution is 2.28. The van der Waals surface area contributed by atoms with E-state index in [0.29, 0.717) is 0 Å². The minimum Gasteiger partial charge on any atom is -0.370 e. The first-order chi connectivity index (χ1) is 10.8. The van der Waals surface area contributed by atoms with Crippen molar-refractivity contribution in [3.8, 4) is 0 Å². The van der Waals surface area contributed by atoms with Gasteiger partial charge in [-0.25, -0.2) is 0 Å². The van der Waals surface area contributed by atoms with Crippen LogP contribution in [0.1, 0.15) is 18.4 Å². The molecule has 1 aliphatic rings. The van der Waals surface area contributed by atoms with Crippen molar-refractivity contribution < 1.29 is 4.79 Å². The highest BCUT2D eigenvalue weighted by Gasteiger charge is 2.15. The van der Waals surface area contributed by atoms with Gasteiger partial charge in [0.05, 0.1) is 11.4 Å². The Morgan fingerprint density at radius 3 is 2.73 bits per heavy atom. The molecule has 112 valence electrons. The van der Waals surface area contributed by atoms with Gasteiger partial charge in [0.2, 0.25) is 5.91 Å². The summed E-state index contributed by atoms with van der Waals surface area (Å²) >= 11 is 0. The molecule has 3 rings (SSSR count). The Hall–Kier alpha value is -2.62. The van der Waals surface area contributed by atoms with Gasteiger partial charge >= 0.3 is 0 Å². The van der Waals surface area contributed by atoms with Crippen molar-refractivity contribution in [2.75, 3.05) is 23.3 Å². The van der Waals surface area contributed by atoms with E-state index in [0.717, 1.165) is 30.0 Å². The summed E-state index contributed by atoms with van der Waals surface area (Å²) in [4.78, 5) is 18.5. The minimum atomic E-state index is -0.129. The third kappa shape index (κ3) is 3.52. The molecule has 1 aliphatic heterocycles. The van der Waals surface area contributed by atoms with E-state index >= 15 is 0 Å². The Balaban J connectivity index is 1.70. The summed E-state index contributed by atoms with van der Waals surface area (Å²) in [5, 5.41) is 2.97. The molecule has 1 fully saturated rings. The molecule has 4 heteroatoms. The fourth-order valence-corrected chi connectivity index (χ4v) is 2.63. The van der Waals surface area contributed by atoms with Crippen molar-refractivity contribution in [3.63, 3.8) is 0 Å². The average molecular weight is 293 g/mol. The Labute approximate surface area is 130 Å². The van der Waals surface area contributed by atoms with E-state index in [9.17, 15) is 4.79 Å². The molecule has 0 radical (unpaired) electrons. The zero-order valence-corrected chi connectivity index (χ0v) is 12.4. The quantitative estimate of drug-likeness (QED) is 0.879. The summed E-state index contributed by atoms with van der Waals surface area (Å²) in [6.45, 7) is 2.11. The molecular formula is C18H19N3O. The van der Waals surface area contributed by atoms with Gasteiger partial charge in [-0.1, -0.05) is 18.2 Å². The summed E-state index contributed by atoms with van der Waals surface area (Å²) in [6, 6.07) is 11.7. The van der Waals surface area contributed by atoms with E-state index in [-0.39, 0.29) is 5.91 Å². The van der Waals surface area contributed by atoms with Gasteiger partial charge in [-0.2, -0.15) is 0 Å². The highest BCUT2D eigenvalue weighted by atomic mass is 16.1. The largest absolute Gasteiger partial charge is 0.370 e. The summed E-state index contributed by atoms with van der Waals surface area (Å²) in [5.74, 6) is -0.129. The molecule has 0 unspecified atom stereocenters. The van der Waals surface area contributed by atoms with Crippen LogP contribution in [0.3, 0.4) is 0 Å². The van der Waals surface area contributed by atoms with Crippen molar-refractivity contribution in [2.45, 2.75) is 12.8 Å². The number of nitrogens with zero attached hydrogens (tertiary/aromatic N) is 2. The molecule has 22 heavy (non-hydrogen) atoms. The highest BCUT2D eigenvalue weighted by molar-refractivity contribution is 6.03. The first-order valence-electron chi connectivity index (χ1n) is 7.56. The summed E-state index contributed by atoms with van der Waals surface area (Å²) < 4.78 is 0. The number of hydrogen-bond acceptors (Lipinski definition) is 3. The lowest BCUT2D eigenvalue weighted by molar-refractivity contribution is -0.111. The zero-order valence-electron chi connectivity index (χ0n) is 12.4. The molecule has 0 aliphatic carbocycles. The van der Waals surface area contributed by atoms with Gasteiger partial charge in [0.15, 0.2) is 0 Å². The maximum absolute atomic E-state index is 12.1. The lowest BCUT2D eigenvalue weighted by atomic mass is 10.2. The number of carbonyl (C=O) groups is 1. The predicted molar refractivity (Wildman–Crippen MR) is 89.8 cm³/mol. The normalized spacial score (nSPS) is 14.5. The van der Waals surface area contributed by atoms with Crippen molar-refractivity contribution >= 4 is 23.4 Å². The molecule has 1 saturated heterocycles. The number of anilines is 2. The lowest BCUT2D eigenvalue weighted by Crippen LogP contribution is -2.20. The minimum absolute atomic E-state index is 0.129. The van der Waals surface area contributed by atoms with E-state index in [1.807, 2.05) is 30.3 Å². The van der Waals surface area contributed by atoms with Gasteiger partial charge in [-0.15, -0.1) is 0 Å². The van der Waals surface area contributed by atoms with Gasteiger partial charge in [0.1, 0.15) is 0 Å². The molecule has 1 amide bonds. The number of aromatic nitrogens is 1. The SMILES string of the molecule is O=C(/C=C/c1cccnc1)Nc1ccccc1N1CCCC1. The molecule has 0 saturated carbocycles. The second kappa shape index (κ2) is 6.89. The summed E-state index contributed by atoms with van der Waals surface area (Å²) in [5.41, 5.74) is 2.87. The zero-order chi connectivity index (χ0) is 15.2. The van der Waals surface area contributed by atoms with Crippen molar-refractivity contribution in [3.05, 3.63) is 60.4 Å². The summed E-state index contributed by atoms with van der Waals surface area (Å²) in [6.07, 6.45) is 9.16. The molecule has 0 spiro atoms. The van der Waals surface area contributed by atoms with Crippen molar-refractivity contribution in [1.29, 1.82) is 0 Å². The smallest absolute Gasteiger partial charge is 0.248 e. The van der Waals surface area contributed by atoms with Crippen LogP contribution in [0.5, 0.6) is 0 Å². The van der Waals surface area contributed by atoms with Crippen LogP contribution in [0, 0.1) is 0 Å². The van der Waals surface area contributed by atoms with Crippen LogP contribution in [-0.4, -0.2) is 24.0 Å². The molecule has 1 aromatic carbocycles. The maximum atomic E-state index is 12.1. The third-order valence-electron chi connectivity index (χ3n) is 3.72. The van der Waals surface area contributed by atoms with Gasteiger partial charge in [-0.05, 0) is 42.7 Å². The van der Waals surface area contributed by atoms with Crippen molar-refractivity contribution in [1.82, 2.24) is 4.98 Å². The van der Waals surface area contributed by atoms with Gasteiger partial charge in [0, 0.05) is 31.6 Å². The Morgan fingerprint density at radius 2 is 1.95 bits per heavy atom. The standard InChI is InChI=1S/C18H19N3O/c22-18(10-9-15-6-5-11-19-14-15)20-16-7-1-2-8-17(16)21-12-3-4-13-21/h1-2,5-11,14H,3-4,12-13H2,(H,20,22)/b10-9+. The van der Waals surface area contributed by atoms with E-state index in [1.165, 1.54) is 18.9 Å². The second-order valence-corrected chi connectivity index (χ2v) is 5.32. The van der Waals surface area contributed by atoms with Crippen LogP contribution in [0.2, 0.25) is 0 Å². The topological polar surface area (TPSA) is 45.2 Å². The van der Waals surface area contributed by atoms with Crippen LogP contribution in [0.4, 0.5) is 11.4 Å². The third-order valence-corrected chi connectivity index (χ3v) is 3.72. The Bertz CT molecular complexity index is 661. The van der Waals surface area contributed by atoms with E-state index in [1.54, 1.807) is 18.5 Å². The Kier molecular flexibility index (Phi) is 4.49. The molecule has 1 aromatic heterocycles. The van der Waals surface area contributed by atoms with E-state index in [2.05, 4.69) is 21.3 Å². The summed E-state index contributed by atoms with van der Waals surface area (Å²) in [7, 11) is 0. The molecule has 2 aromatic rings. The van der Waals surface area contributed by atoms with Crippen LogP contribution in [-0.2, 0) is 4.79 Å². The molecule has 1 N–H and O–H groups in total. The maximum Gasteiger partial charge on any atom is 0.248 e. The lowest BCUT2D eigenvalue weighted by Gasteiger charge is -2.21. The van der Waals surface area contributed by atoms with Crippen LogP contribution >= 0.6 is 0 Å². The number of amides is 1. The number of nitrogens with one attached hydrogen (secondary N) is 1. The van der Waals surface area contributed by atoms with Crippen LogP contribution < -0.4 is 10.2 Å². The van der Waals surface area contributed by atoms with Gasteiger partial charge in [-0.3, -0.25) is 9.78 Å². The monoisotopic (exact) mass is 293 g/mol. The number of carbonyl (C=O) groups excluding carboxylic acids is 1. The van der Waals surface area contributed by atoms with E-state index < -0.39 is 0 Å². The number of para-hydroxylation sites is 2. The number of rotatable bonds is 4. The average Bonchev–Trinajstić information content (AvgIpc) is 3.09. The fraction of sp³-hybridized carbons (Fsp3) is 0.222. The van der Waals surface area contributed by atoms with Gasteiger partial charge in [0.25, 0.3) is 0 Å². The number of pyridine rings is 1. The molecule has 0 bridgehead atoms. The second-order valence-electron chi connectivity index (χ2n) is 5.32. The molecular weight excluding hydrogens is 274 g/mol. The van der Waals surface area contributed by atoms with Crippen molar-refractivity contribution in [2.24, 2.45) is 0 Å². The molecule has 0 atom stereocenters. The fourth-order valence-electron chi connectivity index (χ4n) is 2.63. The van der Waals surface area contributed by atoms with E-state index in [4.69, 9.17) is 0 Å². The number of hydrogen-bond donors (Lipinski definition) is 1.